The van der Waals surface area contributed by atoms with E-state index in [4.69, 9.17) is 9.72 Å². The molecule has 0 fully saturated rings. The van der Waals surface area contributed by atoms with Crippen LogP contribution in [0, 0.1) is 24.2 Å². The molecule has 0 amide bonds. The van der Waals surface area contributed by atoms with Crippen molar-refractivity contribution in [2.75, 3.05) is 9.80 Å². The maximum absolute atomic E-state index is 7.21. The van der Waals surface area contributed by atoms with E-state index in [1.165, 1.54) is 33.5 Å². The number of nitrogens with zero attached hydrogens (tertiary/aromatic N) is 4. The molecule has 1 aliphatic heterocycles. The Balaban J connectivity index is 0.00000693. The number of aromatic nitrogens is 2. The van der Waals surface area contributed by atoms with Crippen molar-refractivity contribution >= 4 is 33.2 Å². The van der Waals surface area contributed by atoms with Crippen LogP contribution < -0.4 is 14.5 Å². The number of para-hydroxylation sites is 1. The van der Waals surface area contributed by atoms with Crippen molar-refractivity contribution in [2.45, 2.75) is 138 Å². The van der Waals surface area contributed by atoms with Crippen molar-refractivity contribution in [3.8, 4) is 17.3 Å². The Kier molecular flexibility index (Phi) is 13.7. The van der Waals surface area contributed by atoms with Gasteiger partial charge in [-0.2, -0.15) is 0 Å². The van der Waals surface area contributed by atoms with Crippen molar-refractivity contribution in [2.24, 2.45) is 5.41 Å². The van der Waals surface area contributed by atoms with Crippen molar-refractivity contribution in [3.63, 3.8) is 0 Å². The van der Waals surface area contributed by atoms with Crippen LogP contribution in [0.1, 0.15) is 150 Å². The molecule has 376 valence electrons. The number of hydrogen-bond donors (Lipinski definition) is 0. The quantitative estimate of drug-likeness (QED) is 0.135. The second kappa shape index (κ2) is 18.9. The Morgan fingerprint density at radius 3 is 1.62 bits per heavy atom. The molecule has 6 heteroatoms. The van der Waals surface area contributed by atoms with E-state index < -0.39 is 5.41 Å². The van der Waals surface area contributed by atoms with Crippen LogP contribution in [0.3, 0.4) is 0 Å². The number of fused-ring (bicyclic) bond motifs is 3. The molecule has 0 N–H and O–H groups in total. The third kappa shape index (κ3) is 10.1. The Hall–Kier alpha value is -5.90. The minimum Gasteiger partial charge on any atom is -0.509 e. The van der Waals surface area contributed by atoms with Crippen molar-refractivity contribution in [1.82, 2.24) is 9.55 Å². The minimum absolute atomic E-state index is 0. The fraction of sp³-hybridized carbons (Fsp3) is 0.333. The van der Waals surface area contributed by atoms with Crippen molar-refractivity contribution in [1.29, 1.82) is 0 Å². The Morgan fingerprint density at radius 2 is 1.04 bits per heavy atom. The molecule has 0 aliphatic carbocycles. The SMILES string of the molecule is CC(C)(C)C1=CN(c2[c-]c(Oc3[c-]c4c(c(C(C)(C)c5ccccc5)c3)c3ccccc3n4-c3cc(C(C)(C)c4ccccc4)ccn3)cc(C(C)(C)C)c2)[CH-]N1c1cc(C(C)(C)C)cc(C(C)(C)C)c1.[Pt]. The van der Waals surface area contributed by atoms with Crippen LogP contribution in [0.2, 0.25) is 0 Å². The van der Waals surface area contributed by atoms with Crippen LogP contribution in [0.15, 0.2) is 152 Å². The predicted molar refractivity (Wildman–Crippen MR) is 299 cm³/mol. The van der Waals surface area contributed by atoms with E-state index in [-0.39, 0.29) is 48.1 Å². The number of anilines is 2. The molecule has 0 atom stereocenters. The van der Waals surface area contributed by atoms with Gasteiger partial charge in [0.15, 0.2) is 0 Å². The molecule has 1 aliphatic rings. The molecule has 0 saturated carbocycles. The third-order valence-corrected chi connectivity index (χ3v) is 14.7. The zero-order valence-corrected chi connectivity index (χ0v) is 47.7. The van der Waals surface area contributed by atoms with Gasteiger partial charge in [-0.1, -0.05) is 207 Å². The Bertz CT molecular complexity index is 3260. The first-order valence-electron chi connectivity index (χ1n) is 25.4. The summed E-state index contributed by atoms with van der Waals surface area (Å²) in [4.78, 5) is 9.72. The molecule has 0 bridgehead atoms. The summed E-state index contributed by atoms with van der Waals surface area (Å²) in [5.74, 6) is 2.07. The second-order valence-corrected chi connectivity index (χ2v) is 24.9. The van der Waals surface area contributed by atoms with Gasteiger partial charge in [0.2, 0.25) is 0 Å². The monoisotopic (exact) mass is 1130 g/mol. The maximum atomic E-state index is 7.21. The van der Waals surface area contributed by atoms with Gasteiger partial charge in [-0.3, -0.25) is 0 Å². The smallest absolute Gasteiger partial charge is 0.135 e. The first-order chi connectivity index (χ1) is 33.2. The summed E-state index contributed by atoms with van der Waals surface area (Å²) in [6.07, 6.45) is 4.22. The number of rotatable bonds is 9. The molecule has 8 aromatic rings. The summed E-state index contributed by atoms with van der Waals surface area (Å²) in [5, 5.41) is 2.27. The van der Waals surface area contributed by atoms with Gasteiger partial charge in [-0.15, -0.1) is 53.8 Å². The van der Waals surface area contributed by atoms with Crippen molar-refractivity contribution in [3.05, 3.63) is 209 Å². The maximum Gasteiger partial charge on any atom is 0.135 e. The number of pyridine rings is 1. The predicted octanol–water partition coefficient (Wildman–Crippen LogP) is 17.4. The summed E-state index contributed by atoms with van der Waals surface area (Å²) in [7, 11) is 0. The summed E-state index contributed by atoms with van der Waals surface area (Å²) >= 11 is 0. The average molecular weight is 1130 g/mol. The minimum atomic E-state index is -0.423. The molecule has 0 radical (unpaired) electrons. The van der Waals surface area contributed by atoms with Gasteiger partial charge in [0.05, 0.1) is 0 Å². The molecule has 3 heterocycles. The molecule has 0 saturated heterocycles. The largest absolute Gasteiger partial charge is 0.509 e. The Labute approximate surface area is 445 Å². The van der Waals surface area contributed by atoms with Gasteiger partial charge in [-0.25, -0.2) is 4.98 Å². The number of ether oxygens (including phenoxy) is 1. The molecular weight excluding hydrogens is 1060 g/mol. The first-order valence-corrected chi connectivity index (χ1v) is 25.4. The van der Waals surface area contributed by atoms with Gasteiger partial charge in [0.1, 0.15) is 5.82 Å². The zero-order valence-electron chi connectivity index (χ0n) is 45.4. The molecule has 0 spiro atoms. The van der Waals surface area contributed by atoms with Gasteiger partial charge in [0, 0.05) is 66.5 Å². The van der Waals surface area contributed by atoms with E-state index in [9.17, 15) is 0 Å². The van der Waals surface area contributed by atoms with Crippen LogP contribution >= 0.6 is 0 Å². The van der Waals surface area contributed by atoms with Gasteiger partial charge < -0.3 is 19.1 Å². The number of hydrogen-bond acceptors (Lipinski definition) is 4. The molecular formula is C66H73N4OPt-3. The van der Waals surface area contributed by atoms with Gasteiger partial charge in [0.25, 0.3) is 0 Å². The van der Waals surface area contributed by atoms with E-state index in [1.807, 2.05) is 6.20 Å². The van der Waals surface area contributed by atoms with Crippen LogP contribution in [0.25, 0.3) is 27.6 Å². The molecule has 0 unspecified atom stereocenters. The van der Waals surface area contributed by atoms with Crippen LogP contribution in [0.4, 0.5) is 11.4 Å². The average Bonchev–Trinajstić information content (AvgIpc) is 3.92. The fourth-order valence-corrected chi connectivity index (χ4v) is 9.93. The van der Waals surface area contributed by atoms with E-state index in [0.29, 0.717) is 11.5 Å². The fourth-order valence-electron chi connectivity index (χ4n) is 9.93. The van der Waals surface area contributed by atoms with Gasteiger partial charge in [-0.05, 0) is 91.4 Å². The summed E-state index contributed by atoms with van der Waals surface area (Å²) in [5.41, 5.74) is 12.7. The first kappa shape index (κ1) is 52.4. The summed E-state index contributed by atoms with van der Waals surface area (Å²) in [6.45, 7) is 38.9. The summed E-state index contributed by atoms with van der Waals surface area (Å²) in [6, 6.07) is 56.0. The topological polar surface area (TPSA) is 33.5 Å². The molecule has 6 aromatic carbocycles. The van der Waals surface area contributed by atoms with E-state index in [1.54, 1.807) is 0 Å². The standard InChI is InChI=1S/C66H73N4O.Pt/c1-61(2,3)47-33-48(62(4,5)6)36-51(35-47)69-43-68(42-58(69)64(10,11)12)50-34-49(63(7,8)9)37-52(39-50)71-53-40-55(66(15,16)45-27-21-18-22-28-45)60-54-29-23-24-30-56(54)70(57(60)41-53)59-38-46(31-32-67-59)65(13,14)44-25-19-17-20-26-44;/h17-38,40,42-43H,1-16H3;/q-3;. The van der Waals surface area contributed by atoms with E-state index in [2.05, 4.69) is 284 Å². The molecule has 5 nitrogen and oxygen atoms in total. The molecule has 9 rings (SSSR count). The second-order valence-electron chi connectivity index (χ2n) is 24.9. The van der Waals surface area contributed by atoms with Crippen LogP contribution in [-0.2, 0) is 48.1 Å². The van der Waals surface area contributed by atoms with Crippen molar-refractivity contribution < 1.29 is 25.8 Å². The molecule has 72 heavy (non-hydrogen) atoms. The zero-order chi connectivity index (χ0) is 51.1. The summed E-state index contributed by atoms with van der Waals surface area (Å²) < 4.78 is 9.49. The third-order valence-electron chi connectivity index (χ3n) is 14.7. The molecule has 2 aromatic heterocycles. The normalized spacial score (nSPS) is 14.0. The van der Waals surface area contributed by atoms with Gasteiger partial charge >= 0.3 is 0 Å². The Morgan fingerprint density at radius 1 is 0.500 bits per heavy atom. The van der Waals surface area contributed by atoms with Crippen LogP contribution in [-0.4, -0.2) is 9.55 Å². The van der Waals surface area contributed by atoms with E-state index >= 15 is 0 Å². The van der Waals surface area contributed by atoms with Crippen LogP contribution in [0.5, 0.6) is 11.5 Å². The number of benzene rings is 6. The number of allylic oxidation sites excluding steroid dienone is 1. The van der Waals surface area contributed by atoms with E-state index in [0.717, 1.165) is 50.1 Å².